The van der Waals surface area contributed by atoms with Gasteiger partial charge < -0.3 is 20.3 Å². The van der Waals surface area contributed by atoms with Crippen LogP contribution in [0.4, 0.5) is 5.69 Å². The van der Waals surface area contributed by atoms with E-state index in [2.05, 4.69) is 5.32 Å². The van der Waals surface area contributed by atoms with Gasteiger partial charge in [-0.3, -0.25) is 4.79 Å². The summed E-state index contributed by atoms with van der Waals surface area (Å²) >= 11 is 0. The number of benzene rings is 2. The fraction of sp³-hybridized carbons (Fsp3) is 0.125. The molecule has 0 saturated carbocycles. The van der Waals surface area contributed by atoms with Gasteiger partial charge in [0.15, 0.2) is 0 Å². The van der Waals surface area contributed by atoms with Crippen LogP contribution < -0.4 is 10.1 Å². The van der Waals surface area contributed by atoms with Crippen LogP contribution in [0.15, 0.2) is 48.5 Å². The molecular formula is C16H15NO5. The lowest BCUT2D eigenvalue weighted by molar-refractivity contribution is -0.116. The topological polar surface area (TPSA) is 95.9 Å². The second-order valence-corrected chi connectivity index (χ2v) is 4.50. The van der Waals surface area contributed by atoms with Crippen LogP contribution in [0, 0.1) is 0 Å². The number of phenols is 1. The first-order valence-electron chi connectivity index (χ1n) is 6.60. The Balaban J connectivity index is 1.84. The number of anilines is 1. The summed E-state index contributed by atoms with van der Waals surface area (Å²) in [5.74, 6) is -1.24. The van der Waals surface area contributed by atoms with Gasteiger partial charge in [-0.25, -0.2) is 4.79 Å². The average Bonchev–Trinajstić information content (AvgIpc) is 2.48. The molecule has 0 aliphatic carbocycles. The van der Waals surface area contributed by atoms with E-state index in [0.29, 0.717) is 11.4 Å². The van der Waals surface area contributed by atoms with Crippen LogP contribution in [0.1, 0.15) is 16.8 Å². The average molecular weight is 301 g/mol. The normalized spacial score (nSPS) is 10.0. The zero-order chi connectivity index (χ0) is 15.9. The van der Waals surface area contributed by atoms with Gasteiger partial charge in [0, 0.05) is 11.8 Å². The van der Waals surface area contributed by atoms with E-state index in [0.717, 1.165) is 0 Å². The van der Waals surface area contributed by atoms with Crippen molar-refractivity contribution in [1.82, 2.24) is 0 Å². The minimum atomic E-state index is -1.23. The quantitative estimate of drug-likeness (QED) is 0.762. The number of carbonyl (C=O) groups is 2. The summed E-state index contributed by atoms with van der Waals surface area (Å²) in [6.45, 7) is 0.217. The second-order valence-electron chi connectivity index (χ2n) is 4.50. The molecule has 0 aliphatic heterocycles. The van der Waals surface area contributed by atoms with E-state index in [4.69, 9.17) is 9.84 Å². The fourth-order valence-electron chi connectivity index (χ4n) is 1.79. The zero-order valence-corrected chi connectivity index (χ0v) is 11.7. The van der Waals surface area contributed by atoms with Gasteiger partial charge in [0.05, 0.1) is 13.0 Å². The summed E-state index contributed by atoms with van der Waals surface area (Å²) in [5.41, 5.74) is 0.109. The minimum Gasteiger partial charge on any atom is -0.507 e. The van der Waals surface area contributed by atoms with E-state index in [1.165, 1.54) is 18.2 Å². The van der Waals surface area contributed by atoms with Crippen molar-refractivity contribution in [3.8, 4) is 11.5 Å². The van der Waals surface area contributed by atoms with Crippen molar-refractivity contribution in [1.29, 1.82) is 0 Å². The molecule has 0 bridgehead atoms. The van der Waals surface area contributed by atoms with Crippen molar-refractivity contribution in [2.75, 3.05) is 11.9 Å². The fourth-order valence-corrected chi connectivity index (χ4v) is 1.79. The molecule has 1 amide bonds. The van der Waals surface area contributed by atoms with E-state index in [9.17, 15) is 14.7 Å². The Morgan fingerprint density at radius 3 is 2.45 bits per heavy atom. The summed E-state index contributed by atoms with van der Waals surface area (Å²) in [6.07, 6.45) is 0.135. The number of aromatic carboxylic acids is 1. The first kappa shape index (κ1) is 15.4. The number of hydrogen-bond acceptors (Lipinski definition) is 4. The number of para-hydroxylation sites is 1. The van der Waals surface area contributed by atoms with Crippen molar-refractivity contribution in [3.05, 3.63) is 54.1 Å². The molecule has 0 radical (unpaired) electrons. The highest BCUT2D eigenvalue weighted by molar-refractivity contribution is 5.94. The number of carbonyl (C=O) groups excluding carboxylic acids is 1. The number of rotatable bonds is 6. The van der Waals surface area contributed by atoms with Crippen molar-refractivity contribution >= 4 is 17.6 Å². The van der Waals surface area contributed by atoms with E-state index >= 15 is 0 Å². The highest BCUT2D eigenvalue weighted by Crippen LogP contribution is 2.22. The van der Waals surface area contributed by atoms with Gasteiger partial charge in [-0.1, -0.05) is 18.2 Å². The molecule has 2 aromatic carbocycles. The number of aromatic hydroxyl groups is 1. The van der Waals surface area contributed by atoms with E-state index in [-0.39, 0.29) is 24.5 Å². The van der Waals surface area contributed by atoms with Crippen LogP contribution >= 0.6 is 0 Å². The van der Waals surface area contributed by atoms with E-state index < -0.39 is 11.7 Å². The third kappa shape index (κ3) is 4.24. The smallest absolute Gasteiger partial charge is 0.339 e. The second kappa shape index (κ2) is 7.12. The third-order valence-electron chi connectivity index (χ3n) is 2.85. The number of carboxylic acid groups (broad SMARTS) is 1. The number of amides is 1. The summed E-state index contributed by atoms with van der Waals surface area (Å²) in [5, 5.41) is 20.9. The number of carboxylic acids is 1. The Morgan fingerprint density at radius 1 is 1.09 bits per heavy atom. The van der Waals surface area contributed by atoms with Gasteiger partial charge in [0.25, 0.3) is 0 Å². The monoisotopic (exact) mass is 301 g/mol. The Kier molecular flexibility index (Phi) is 4.98. The highest BCUT2D eigenvalue weighted by atomic mass is 16.5. The van der Waals surface area contributed by atoms with E-state index in [1.54, 1.807) is 12.1 Å². The molecule has 6 heteroatoms. The molecule has 0 aromatic heterocycles. The van der Waals surface area contributed by atoms with Crippen LogP contribution in [0.25, 0.3) is 0 Å². The molecule has 114 valence electrons. The maximum atomic E-state index is 11.7. The van der Waals surface area contributed by atoms with Gasteiger partial charge in [-0.15, -0.1) is 0 Å². The van der Waals surface area contributed by atoms with Crippen LogP contribution in [0.5, 0.6) is 11.5 Å². The predicted octanol–water partition coefficient (Wildman–Crippen LogP) is 2.50. The van der Waals surface area contributed by atoms with Crippen molar-refractivity contribution < 1.29 is 24.5 Å². The molecule has 0 heterocycles. The number of nitrogens with one attached hydrogen (secondary N) is 1. The molecule has 3 N–H and O–H groups in total. The Morgan fingerprint density at radius 2 is 1.82 bits per heavy atom. The maximum absolute atomic E-state index is 11.7. The van der Waals surface area contributed by atoms with E-state index in [1.807, 2.05) is 18.2 Å². The molecule has 2 aromatic rings. The van der Waals surface area contributed by atoms with Gasteiger partial charge in [-0.05, 0) is 24.3 Å². The Bertz CT molecular complexity index is 669. The van der Waals surface area contributed by atoms with Crippen LogP contribution in [0.3, 0.4) is 0 Å². The SMILES string of the molecule is O=C(CCOc1ccccc1)Nc1ccc(C(=O)O)c(O)c1. The molecule has 0 fully saturated rings. The maximum Gasteiger partial charge on any atom is 0.339 e. The standard InChI is InChI=1S/C16H15NO5/c18-14-10-11(6-7-13(14)16(20)21)17-15(19)8-9-22-12-4-2-1-3-5-12/h1-7,10,18H,8-9H2,(H,17,19)(H,20,21). The van der Waals surface area contributed by atoms with Crippen molar-refractivity contribution in [3.63, 3.8) is 0 Å². The largest absolute Gasteiger partial charge is 0.507 e. The van der Waals surface area contributed by atoms with Gasteiger partial charge in [0.1, 0.15) is 17.1 Å². The number of hydrogen-bond donors (Lipinski definition) is 3. The summed E-state index contributed by atoms with van der Waals surface area (Å²) in [7, 11) is 0. The molecule has 0 saturated heterocycles. The summed E-state index contributed by atoms with van der Waals surface area (Å²) in [6, 6.07) is 13.0. The zero-order valence-electron chi connectivity index (χ0n) is 11.7. The highest BCUT2D eigenvalue weighted by Gasteiger charge is 2.11. The van der Waals surface area contributed by atoms with Crippen LogP contribution in [-0.4, -0.2) is 28.7 Å². The molecule has 0 spiro atoms. The predicted molar refractivity (Wildman–Crippen MR) is 80.2 cm³/mol. The molecule has 2 rings (SSSR count). The van der Waals surface area contributed by atoms with Crippen LogP contribution in [-0.2, 0) is 4.79 Å². The lowest BCUT2D eigenvalue weighted by atomic mass is 10.2. The Hall–Kier alpha value is -3.02. The lowest BCUT2D eigenvalue weighted by Crippen LogP contribution is -2.15. The molecule has 6 nitrogen and oxygen atoms in total. The number of ether oxygens (including phenoxy) is 1. The molecule has 0 unspecified atom stereocenters. The lowest BCUT2D eigenvalue weighted by Gasteiger charge is -2.08. The summed E-state index contributed by atoms with van der Waals surface area (Å²) < 4.78 is 5.40. The van der Waals surface area contributed by atoms with Gasteiger partial charge in [0.2, 0.25) is 5.91 Å². The molecule has 22 heavy (non-hydrogen) atoms. The molecular weight excluding hydrogens is 286 g/mol. The van der Waals surface area contributed by atoms with Crippen molar-refractivity contribution in [2.45, 2.75) is 6.42 Å². The van der Waals surface area contributed by atoms with Crippen molar-refractivity contribution in [2.24, 2.45) is 0 Å². The molecule has 0 aliphatic rings. The summed E-state index contributed by atoms with van der Waals surface area (Å²) in [4.78, 5) is 22.5. The van der Waals surface area contributed by atoms with Gasteiger partial charge >= 0.3 is 5.97 Å². The third-order valence-corrected chi connectivity index (χ3v) is 2.85. The minimum absolute atomic E-state index is 0.135. The molecule has 0 atom stereocenters. The Labute approximate surface area is 127 Å². The van der Waals surface area contributed by atoms with Crippen LogP contribution in [0.2, 0.25) is 0 Å². The van der Waals surface area contributed by atoms with Gasteiger partial charge in [-0.2, -0.15) is 0 Å². The first-order chi connectivity index (χ1) is 10.6. The first-order valence-corrected chi connectivity index (χ1v) is 6.60.